The van der Waals surface area contributed by atoms with Gasteiger partial charge in [-0.05, 0) is 36.6 Å². The maximum atomic E-state index is 13.1. The fraction of sp³-hybridized carbons (Fsp3) is 0.375. The van der Waals surface area contributed by atoms with Gasteiger partial charge in [0, 0.05) is 49.3 Å². The molecule has 2 aromatic carbocycles. The zero-order chi connectivity index (χ0) is 20.0. The van der Waals surface area contributed by atoms with Gasteiger partial charge < -0.3 is 18.9 Å². The molecule has 0 N–H and O–H groups in total. The quantitative estimate of drug-likeness (QED) is 0.685. The Labute approximate surface area is 170 Å². The number of ether oxygens (including phenoxy) is 2. The number of fused-ring (bicyclic) bond motifs is 6. The van der Waals surface area contributed by atoms with E-state index >= 15 is 0 Å². The van der Waals surface area contributed by atoms with Crippen LogP contribution in [0.5, 0.6) is 5.75 Å². The summed E-state index contributed by atoms with van der Waals surface area (Å²) in [5, 5.41) is 1.30. The molecule has 1 aliphatic heterocycles. The number of carbonyl (C=O) groups is 1. The summed E-state index contributed by atoms with van der Waals surface area (Å²) in [6, 6.07) is 18.3. The molecule has 1 aliphatic carbocycles. The highest BCUT2D eigenvalue weighted by atomic mass is 16.5. The number of aryl methyl sites for hydroxylation is 1. The molecule has 3 aromatic rings. The first-order valence-electron chi connectivity index (χ1n) is 10.2. The summed E-state index contributed by atoms with van der Waals surface area (Å²) in [5.74, 6) is 1.06. The van der Waals surface area contributed by atoms with Crippen molar-refractivity contribution in [3.05, 3.63) is 65.9 Å². The van der Waals surface area contributed by atoms with Crippen molar-refractivity contribution in [3.8, 4) is 5.75 Å². The second kappa shape index (κ2) is 7.23. The minimum Gasteiger partial charge on any atom is -0.484 e. The molecule has 5 rings (SSSR count). The zero-order valence-corrected chi connectivity index (χ0v) is 16.9. The molecule has 1 fully saturated rings. The summed E-state index contributed by atoms with van der Waals surface area (Å²) < 4.78 is 13.9. The Balaban J connectivity index is 1.44. The Morgan fingerprint density at radius 2 is 1.86 bits per heavy atom. The van der Waals surface area contributed by atoms with Crippen molar-refractivity contribution < 1.29 is 14.3 Å². The van der Waals surface area contributed by atoms with Crippen molar-refractivity contribution in [1.82, 2.24) is 9.47 Å². The van der Waals surface area contributed by atoms with Crippen LogP contribution in [-0.2, 0) is 23.0 Å². The molecule has 29 heavy (non-hydrogen) atoms. The van der Waals surface area contributed by atoms with Gasteiger partial charge in [0.1, 0.15) is 5.75 Å². The molecule has 5 heteroatoms. The first kappa shape index (κ1) is 18.3. The van der Waals surface area contributed by atoms with E-state index in [-0.39, 0.29) is 24.7 Å². The number of piperidine rings is 1. The highest BCUT2D eigenvalue weighted by Gasteiger charge is 2.44. The van der Waals surface area contributed by atoms with E-state index in [4.69, 9.17) is 9.47 Å². The molecule has 3 atom stereocenters. The van der Waals surface area contributed by atoms with Gasteiger partial charge in [-0.25, -0.2) is 0 Å². The summed E-state index contributed by atoms with van der Waals surface area (Å²) in [5.41, 5.74) is 4.00. The summed E-state index contributed by atoms with van der Waals surface area (Å²) >= 11 is 0. The normalized spacial score (nSPS) is 23.1. The Morgan fingerprint density at radius 1 is 1.10 bits per heavy atom. The lowest BCUT2D eigenvalue weighted by molar-refractivity contribution is -0.142. The van der Waals surface area contributed by atoms with E-state index in [1.807, 2.05) is 35.2 Å². The molecule has 0 saturated carbocycles. The summed E-state index contributed by atoms with van der Waals surface area (Å²) in [6.07, 6.45) is 1.82. The van der Waals surface area contributed by atoms with Crippen LogP contribution in [-0.4, -0.2) is 47.8 Å². The van der Waals surface area contributed by atoms with Crippen molar-refractivity contribution in [1.29, 1.82) is 0 Å². The molecule has 0 radical (unpaired) electrons. The molecule has 5 nitrogen and oxygen atoms in total. The SMILES string of the molecule is CO[C@H]1CN(C(=O)COc2ccccc2)[C@@H]2Cc3c(n(C)c4ccccc34)[C@H]1C2. The zero-order valence-electron chi connectivity index (χ0n) is 16.9. The third kappa shape index (κ3) is 3.01. The van der Waals surface area contributed by atoms with E-state index in [1.165, 1.54) is 22.2 Å². The number of hydrogen-bond donors (Lipinski definition) is 0. The van der Waals surface area contributed by atoms with Crippen LogP contribution in [0.15, 0.2) is 54.6 Å². The molecule has 1 aromatic heterocycles. The van der Waals surface area contributed by atoms with E-state index < -0.39 is 0 Å². The maximum absolute atomic E-state index is 13.1. The molecule has 1 saturated heterocycles. The predicted molar refractivity (Wildman–Crippen MR) is 112 cm³/mol. The van der Waals surface area contributed by atoms with Crippen molar-refractivity contribution in [2.24, 2.45) is 7.05 Å². The average Bonchev–Trinajstić information content (AvgIpc) is 3.05. The monoisotopic (exact) mass is 390 g/mol. The average molecular weight is 390 g/mol. The third-order valence-electron chi connectivity index (χ3n) is 6.57. The van der Waals surface area contributed by atoms with Gasteiger partial charge in [0.25, 0.3) is 5.91 Å². The molecule has 0 spiro atoms. The van der Waals surface area contributed by atoms with Crippen LogP contribution in [0.25, 0.3) is 10.9 Å². The molecule has 2 heterocycles. The minimum atomic E-state index is -0.00557. The number of amides is 1. The highest BCUT2D eigenvalue weighted by molar-refractivity contribution is 5.86. The van der Waals surface area contributed by atoms with Crippen LogP contribution in [0.2, 0.25) is 0 Å². The lowest BCUT2D eigenvalue weighted by Crippen LogP contribution is -2.56. The van der Waals surface area contributed by atoms with Gasteiger partial charge in [0.15, 0.2) is 6.61 Å². The standard InChI is InChI=1S/C24H26N2O3/c1-25-21-11-7-6-10-18(21)19-12-16-13-20(24(19)25)22(28-2)14-26(16)23(27)15-29-17-8-4-3-5-9-17/h3-11,16,20,22H,12-15H2,1-2H3/t16-,20+,22+/m1/s1. The number of hydrogen-bond acceptors (Lipinski definition) is 3. The number of carbonyl (C=O) groups excluding carboxylic acids is 1. The summed E-state index contributed by atoms with van der Waals surface area (Å²) in [4.78, 5) is 15.0. The Kier molecular flexibility index (Phi) is 4.55. The molecule has 2 bridgehead atoms. The van der Waals surface area contributed by atoms with Gasteiger partial charge in [0.2, 0.25) is 0 Å². The molecular weight excluding hydrogens is 364 g/mol. The molecule has 2 aliphatic rings. The van der Waals surface area contributed by atoms with Crippen molar-refractivity contribution in [2.75, 3.05) is 20.3 Å². The third-order valence-corrected chi connectivity index (χ3v) is 6.57. The lowest BCUT2D eigenvalue weighted by atomic mass is 9.76. The fourth-order valence-electron chi connectivity index (χ4n) is 5.23. The van der Waals surface area contributed by atoms with Crippen LogP contribution in [0.3, 0.4) is 0 Å². The first-order valence-corrected chi connectivity index (χ1v) is 10.2. The number of benzene rings is 2. The molecule has 1 amide bonds. The number of rotatable bonds is 4. The van der Waals surface area contributed by atoms with Gasteiger partial charge >= 0.3 is 0 Å². The first-order chi connectivity index (χ1) is 14.2. The van der Waals surface area contributed by atoms with Gasteiger partial charge in [-0.15, -0.1) is 0 Å². The van der Waals surface area contributed by atoms with E-state index in [0.29, 0.717) is 12.5 Å². The number of likely N-dealkylation sites (tertiary alicyclic amines) is 1. The fourth-order valence-corrected chi connectivity index (χ4v) is 5.23. The van der Waals surface area contributed by atoms with Crippen molar-refractivity contribution in [3.63, 3.8) is 0 Å². The van der Waals surface area contributed by atoms with Crippen molar-refractivity contribution >= 4 is 16.8 Å². The smallest absolute Gasteiger partial charge is 0.260 e. The maximum Gasteiger partial charge on any atom is 0.260 e. The number of nitrogens with zero attached hydrogens (tertiary/aromatic N) is 2. The van der Waals surface area contributed by atoms with E-state index in [2.05, 4.69) is 35.9 Å². The Morgan fingerprint density at radius 3 is 2.66 bits per heavy atom. The second-order valence-corrected chi connectivity index (χ2v) is 8.06. The number of para-hydroxylation sites is 2. The van der Waals surface area contributed by atoms with Crippen LogP contribution >= 0.6 is 0 Å². The predicted octanol–water partition coefficient (Wildman–Crippen LogP) is 3.51. The summed E-state index contributed by atoms with van der Waals surface area (Å²) in [6.45, 7) is 0.674. The second-order valence-electron chi connectivity index (χ2n) is 8.06. The number of methoxy groups -OCH3 is 1. The van der Waals surface area contributed by atoms with Gasteiger partial charge in [-0.2, -0.15) is 0 Å². The molecule has 0 unspecified atom stereocenters. The van der Waals surface area contributed by atoms with E-state index in [0.717, 1.165) is 18.6 Å². The van der Waals surface area contributed by atoms with Gasteiger partial charge in [-0.3, -0.25) is 4.79 Å². The largest absolute Gasteiger partial charge is 0.484 e. The minimum absolute atomic E-state index is 0.00557. The van der Waals surface area contributed by atoms with Crippen molar-refractivity contribution in [2.45, 2.75) is 30.9 Å². The highest BCUT2D eigenvalue weighted by Crippen LogP contribution is 2.44. The summed E-state index contributed by atoms with van der Waals surface area (Å²) in [7, 11) is 3.91. The molecule has 150 valence electrons. The van der Waals surface area contributed by atoms with Gasteiger partial charge in [-0.1, -0.05) is 36.4 Å². The van der Waals surface area contributed by atoms with Crippen LogP contribution < -0.4 is 4.74 Å². The van der Waals surface area contributed by atoms with E-state index in [1.54, 1.807) is 7.11 Å². The van der Waals surface area contributed by atoms with E-state index in [9.17, 15) is 4.79 Å². The lowest BCUT2D eigenvalue weighted by Gasteiger charge is -2.47. The van der Waals surface area contributed by atoms with Crippen LogP contribution in [0, 0.1) is 0 Å². The Bertz CT molecular complexity index is 1040. The Hall–Kier alpha value is -2.79. The van der Waals surface area contributed by atoms with Crippen LogP contribution in [0.1, 0.15) is 23.6 Å². The van der Waals surface area contributed by atoms with Crippen LogP contribution in [0.4, 0.5) is 0 Å². The number of aromatic nitrogens is 1. The molecular formula is C24H26N2O3. The van der Waals surface area contributed by atoms with Gasteiger partial charge in [0.05, 0.1) is 6.10 Å². The topological polar surface area (TPSA) is 43.7 Å².